The molecule has 0 N–H and O–H groups in total. The lowest BCUT2D eigenvalue weighted by atomic mass is 9.87. The van der Waals surface area contributed by atoms with Crippen molar-refractivity contribution in [1.82, 2.24) is 9.80 Å². The smallest absolute Gasteiger partial charge is 0.0251 e. The molecule has 1 fully saturated rings. The molecule has 0 saturated heterocycles. The zero-order valence-corrected chi connectivity index (χ0v) is 17.4. The van der Waals surface area contributed by atoms with E-state index in [-0.39, 0.29) is 0 Å². The van der Waals surface area contributed by atoms with Gasteiger partial charge in [-0.25, -0.2) is 0 Å². The molecule has 0 spiro atoms. The second kappa shape index (κ2) is 14.1. The maximum atomic E-state index is 2.89. The van der Waals surface area contributed by atoms with Crippen LogP contribution in [0.5, 0.6) is 0 Å². The maximum Gasteiger partial charge on any atom is 0.0251 e. The summed E-state index contributed by atoms with van der Waals surface area (Å²) in [6.07, 6.45) is 16.6. The Labute approximate surface area is 153 Å². The summed E-state index contributed by atoms with van der Waals surface area (Å²) in [5.74, 6) is 0. The van der Waals surface area contributed by atoms with Gasteiger partial charge in [0.2, 0.25) is 0 Å². The Morgan fingerprint density at radius 1 is 0.542 bits per heavy atom. The molecule has 1 aliphatic rings. The fraction of sp³-hybridized carbons (Fsp3) is 1.00. The van der Waals surface area contributed by atoms with Crippen molar-refractivity contribution in [3.05, 3.63) is 0 Å². The second-order valence-electron chi connectivity index (χ2n) is 7.91. The van der Waals surface area contributed by atoms with Gasteiger partial charge in [0.05, 0.1) is 0 Å². The van der Waals surface area contributed by atoms with Crippen molar-refractivity contribution >= 4 is 0 Å². The van der Waals surface area contributed by atoms with E-state index in [2.05, 4.69) is 37.5 Å². The molecule has 0 aliphatic heterocycles. The average Bonchev–Trinajstić information content (AvgIpc) is 2.62. The topological polar surface area (TPSA) is 6.48 Å². The SMILES string of the molecule is CCCCN(CCCC)C1CCCCC1N(CCCC)CCCC. The van der Waals surface area contributed by atoms with Gasteiger partial charge in [-0.05, 0) is 64.7 Å². The predicted octanol–water partition coefficient (Wildman–Crippen LogP) is 6.10. The van der Waals surface area contributed by atoms with Crippen LogP contribution in [0, 0.1) is 0 Å². The Morgan fingerprint density at radius 3 is 1.08 bits per heavy atom. The molecule has 2 atom stereocenters. The fourth-order valence-corrected chi connectivity index (χ4v) is 4.28. The number of unbranched alkanes of at least 4 members (excludes halogenated alkanes) is 4. The van der Waals surface area contributed by atoms with Crippen LogP contribution in [0.4, 0.5) is 0 Å². The zero-order chi connectivity index (χ0) is 17.6. The van der Waals surface area contributed by atoms with Crippen molar-refractivity contribution in [3.8, 4) is 0 Å². The molecule has 2 nitrogen and oxygen atoms in total. The Hall–Kier alpha value is -0.0800. The van der Waals surface area contributed by atoms with E-state index in [1.165, 1.54) is 103 Å². The van der Waals surface area contributed by atoms with Gasteiger partial charge in [-0.15, -0.1) is 0 Å². The summed E-state index contributed by atoms with van der Waals surface area (Å²) in [4.78, 5) is 5.78. The monoisotopic (exact) mass is 338 g/mol. The van der Waals surface area contributed by atoms with Crippen LogP contribution in [0.3, 0.4) is 0 Å². The van der Waals surface area contributed by atoms with E-state index in [1.807, 2.05) is 0 Å². The van der Waals surface area contributed by atoms with E-state index in [0.717, 1.165) is 12.1 Å². The second-order valence-corrected chi connectivity index (χ2v) is 7.91. The van der Waals surface area contributed by atoms with E-state index in [4.69, 9.17) is 0 Å². The van der Waals surface area contributed by atoms with Crippen LogP contribution < -0.4 is 0 Å². The summed E-state index contributed by atoms with van der Waals surface area (Å²) in [7, 11) is 0. The molecular formula is C22H46N2. The minimum absolute atomic E-state index is 0.825. The molecule has 24 heavy (non-hydrogen) atoms. The largest absolute Gasteiger partial charge is 0.299 e. The summed E-state index contributed by atoms with van der Waals surface area (Å²) in [6.45, 7) is 14.7. The van der Waals surface area contributed by atoms with Crippen molar-refractivity contribution < 1.29 is 0 Å². The number of rotatable bonds is 14. The average molecular weight is 339 g/mol. The van der Waals surface area contributed by atoms with E-state index >= 15 is 0 Å². The quantitative estimate of drug-likeness (QED) is 0.377. The summed E-state index contributed by atoms with van der Waals surface area (Å²) in [5, 5.41) is 0. The summed E-state index contributed by atoms with van der Waals surface area (Å²) in [6, 6.07) is 1.65. The van der Waals surface area contributed by atoms with Crippen molar-refractivity contribution in [1.29, 1.82) is 0 Å². The van der Waals surface area contributed by atoms with Gasteiger partial charge in [0.25, 0.3) is 0 Å². The molecule has 0 aromatic rings. The number of nitrogens with zero attached hydrogens (tertiary/aromatic N) is 2. The van der Waals surface area contributed by atoms with Crippen LogP contribution in [-0.2, 0) is 0 Å². The van der Waals surface area contributed by atoms with Crippen LogP contribution in [0.2, 0.25) is 0 Å². The first-order chi connectivity index (χ1) is 11.8. The molecule has 0 aromatic carbocycles. The standard InChI is InChI=1S/C22H46N2/c1-5-9-17-23(18-10-6-2)21-15-13-14-16-22(21)24(19-11-7-3)20-12-8-4/h21-22H,5-20H2,1-4H3. The van der Waals surface area contributed by atoms with Gasteiger partial charge in [-0.3, -0.25) is 9.80 Å². The van der Waals surface area contributed by atoms with Gasteiger partial charge < -0.3 is 0 Å². The third-order valence-corrected chi connectivity index (χ3v) is 5.83. The zero-order valence-electron chi connectivity index (χ0n) is 17.4. The molecule has 144 valence electrons. The molecule has 0 amide bonds. The van der Waals surface area contributed by atoms with Crippen LogP contribution in [0.1, 0.15) is 105 Å². The minimum Gasteiger partial charge on any atom is -0.299 e. The van der Waals surface area contributed by atoms with E-state index in [0.29, 0.717) is 0 Å². The Balaban J connectivity index is 2.78. The molecular weight excluding hydrogens is 292 g/mol. The first kappa shape index (κ1) is 22.0. The lowest BCUT2D eigenvalue weighted by molar-refractivity contribution is 0.0440. The maximum absolute atomic E-state index is 2.89. The Bertz CT molecular complexity index is 235. The van der Waals surface area contributed by atoms with E-state index in [1.54, 1.807) is 0 Å². The van der Waals surface area contributed by atoms with Crippen LogP contribution in [-0.4, -0.2) is 48.1 Å². The molecule has 0 aromatic heterocycles. The molecule has 0 radical (unpaired) electrons. The summed E-state index contributed by atoms with van der Waals surface area (Å²) >= 11 is 0. The van der Waals surface area contributed by atoms with E-state index in [9.17, 15) is 0 Å². The molecule has 1 aliphatic carbocycles. The fourth-order valence-electron chi connectivity index (χ4n) is 4.28. The Kier molecular flexibility index (Phi) is 12.9. The summed E-state index contributed by atoms with van der Waals surface area (Å²) in [5.41, 5.74) is 0. The lowest BCUT2D eigenvalue weighted by Crippen LogP contribution is -2.54. The highest BCUT2D eigenvalue weighted by Crippen LogP contribution is 2.28. The summed E-state index contributed by atoms with van der Waals surface area (Å²) < 4.78 is 0. The molecule has 2 heteroatoms. The number of hydrogen-bond acceptors (Lipinski definition) is 2. The molecule has 0 heterocycles. The predicted molar refractivity (Wildman–Crippen MR) is 109 cm³/mol. The van der Waals surface area contributed by atoms with Crippen LogP contribution in [0.15, 0.2) is 0 Å². The molecule has 2 unspecified atom stereocenters. The highest BCUT2D eigenvalue weighted by Gasteiger charge is 2.33. The van der Waals surface area contributed by atoms with Crippen molar-refractivity contribution in [3.63, 3.8) is 0 Å². The van der Waals surface area contributed by atoms with Gasteiger partial charge in [-0.1, -0.05) is 66.2 Å². The van der Waals surface area contributed by atoms with Gasteiger partial charge in [0.1, 0.15) is 0 Å². The van der Waals surface area contributed by atoms with Crippen LogP contribution in [0.25, 0.3) is 0 Å². The lowest BCUT2D eigenvalue weighted by Gasteiger charge is -2.45. The minimum atomic E-state index is 0.825. The first-order valence-electron chi connectivity index (χ1n) is 11.3. The number of hydrogen-bond donors (Lipinski definition) is 0. The van der Waals surface area contributed by atoms with Crippen molar-refractivity contribution in [2.75, 3.05) is 26.2 Å². The molecule has 1 saturated carbocycles. The molecule has 0 bridgehead atoms. The highest BCUT2D eigenvalue weighted by atomic mass is 15.2. The van der Waals surface area contributed by atoms with Gasteiger partial charge in [-0.2, -0.15) is 0 Å². The van der Waals surface area contributed by atoms with Crippen LogP contribution >= 0.6 is 0 Å². The third kappa shape index (κ3) is 7.87. The Morgan fingerprint density at radius 2 is 0.833 bits per heavy atom. The normalized spacial score (nSPS) is 21.8. The van der Waals surface area contributed by atoms with E-state index < -0.39 is 0 Å². The third-order valence-electron chi connectivity index (χ3n) is 5.83. The van der Waals surface area contributed by atoms with Crippen molar-refractivity contribution in [2.24, 2.45) is 0 Å². The first-order valence-corrected chi connectivity index (χ1v) is 11.3. The van der Waals surface area contributed by atoms with Gasteiger partial charge in [0, 0.05) is 12.1 Å². The van der Waals surface area contributed by atoms with Crippen molar-refractivity contribution in [2.45, 2.75) is 117 Å². The van der Waals surface area contributed by atoms with Gasteiger partial charge >= 0.3 is 0 Å². The highest BCUT2D eigenvalue weighted by molar-refractivity contribution is 4.90. The molecule has 1 rings (SSSR count). The van der Waals surface area contributed by atoms with Gasteiger partial charge in [0.15, 0.2) is 0 Å².